The molecule has 0 spiro atoms. The molecule has 0 aromatic heterocycles. The number of rotatable bonds is 8. The van der Waals surface area contributed by atoms with Crippen LogP contribution in [-0.4, -0.2) is 19.3 Å². The summed E-state index contributed by atoms with van der Waals surface area (Å²) in [6.07, 6.45) is 1.05. The number of hydrogen-bond donors (Lipinski definition) is 1. The van der Waals surface area contributed by atoms with Crippen molar-refractivity contribution in [3.63, 3.8) is 0 Å². The highest BCUT2D eigenvalue weighted by molar-refractivity contribution is 6.30. The molecule has 1 N–H and O–H groups in total. The highest BCUT2D eigenvalue weighted by Gasteiger charge is 2.18. The Morgan fingerprint density at radius 3 is 2.26 bits per heavy atom. The third kappa shape index (κ3) is 5.52. The van der Waals surface area contributed by atoms with E-state index in [1.54, 1.807) is 0 Å². The van der Waals surface area contributed by atoms with Crippen molar-refractivity contribution < 1.29 is 4.74 Å². The molecule has 19 heavy (non-hydrogen) atoms. The van der Waals surface area contributed by atoms with E-state index in [0.717, 1.165) is 24.7 Å². The molecule has 0 saturated heterocycles. The van der Waals surface area contributed by atoms with E-state index in [4.69, 9.17) is 16.3 Å². The number of ether oxygens (including phenoxy) is 1. The minimum atomic E-state index is 0.352. The summed E-state index contributed by atoms with van der Waals surface area (Å²) < 4.78 is 5.57. The fourth-order valence-electron chi connectivity index (χ4n) is 2.08. The van der Waals surface area contributed by atoms with E-state index >= 15 is 0 Å². The molecule has 3 heteroatoms. The smallest absolute Gasteiger partial charge is 0.0622 e. The van der Waals surface area contributed by atoms with E-state index in [0.29, 0.717) is 18.0 Å². The highest BCUT2D eigenvalue weighted by atomic mass is 35.5. The van der Waals surface area contributed by atoms with Crippen LogP contribution in [0.2, 0.25) is 5.02 Å². The van der Waals surface area contributed by atoms with E-state index in [9.17, 15) is 0 Å². The van der Waals surface area contributed by atoms with Crippen molar-refractivity contribution in [2.45, 2.75) is 46.2 Å². The first-order valence-corrected chi connectivity index (χ1v) is 7.55. The second-order valence-electron chi connectivity index (χ2n) is 5.19. The monoisotopic (exact) mass is 283 g/mol. The van der Waals surface area contributed by atoms with Gasteiger partial charge in [0.25, 0.3) is 0 Å². The molecule has 2 atom stereocenters. The Kier molecular flexibility index (Phi) is 7.44. The van der Waals surface area contributed by atoms with Crippen LogP contribution < -0.4 is 5.32 Å². The second kappa shape index (κ2) is 8.57. The maximum absolute atomic E-state index is 5.94. The molecule has 2 nitrogen and oxygen atoms in total. The summed E-state index contributed by atoms with van der Waals surface area (Å²) in [7, 11) is 0. The minimum Gasteiger partial charge on any atom is -0.380 e. The molecule has 1 rings (SSSR count). The van der Waals surface area contributed by atoms with Gasteiger partial charge < -0.3 is 10.1 Å². The van der Waals surface area contributed by atoms with Crippen molar-refractivity contribution in [1.29, 1.82) is 0 Å². The molecule has 2 unspecified atom stereocenters. The Balaban J connectivity index is 2.70. The van der Waals surface area contributed by atoms with E-state index in [1.807, 2.05) is 19.1 Å². The van der Waals surface area contributed by atoms with Gasteiger partial charge in [0.1, 0.15) is 0 Å². The van der Waals surface area contributed by atoms with Gasteiger partial charge in [-0.15, -0.1) is 0 Å². The summed E-state index contributed by atoms with van der Waals surface area (Å²) in [5.74, 6) is 0.549. The average Bonchev–Trinajstić information content (AvgIpc) is 2.40. The molecule has 0 aliphatic carbocycles. The number of hydrogen-bond acceptors (Lipinski definition) is 2. The van der Waals surface area contributed by atoms with Crippen LogP contribution in [0.15, 0.2) is 24.3 Å². The first-order valence-electron chi connectivity index (χ1n) is 7.17. The summed E-state index contributed by atoms with van der Waals surface area (Å²) in [6, 6.07) is 8.83. The molecule has 0 aliphatic heterocycles. The predicted molar refractivity (Wildman–Crippen MR) is 82.7 cm³/mol. The Morgan fingerprint density at radius 2 is 1.79 bits per heavy atom. The summed E-state index contributed by atoms with van der Waals surface area (Å²) in [6.45, 7) is 10.2. The van der Waals surface area contributed by atoms with Gasteiger partial charge in [0.05, 0.1) is 6.61 Å². The average molecular weight is 284 g/mol. The first kappa shape index (κ1) is 16.5. The standard InChI is InChI=1S/C16H26ClNO/c1-5-15(13-7-9-14(17)10-8-13)18-16(12(3)4)11-19-6-2/h7-10,12,15-16,18H,5-6,11H2,1-4H3. The number of benzene rings is 1. The molecular formula is C16H26ClNO. The third-order valence-electron chi connectivity index (χ3n) is 3.40. The lowest BCUT2D eigenvalue weighted by Gasteiger charge is -2.28. The van der Waals surface area contributed by atoms with Gasteiger partial charge in [-0.1, -0.05) is 44.5 Å². The SMILES string of the molecule is CCOCC(NC(CC)c1ccc(Cl)cc1)C(C)C. The van der Waals surface area contributed by atoms with Crippen LogP contribution in [0.1, 0.15) is 45.7 Å². The normalized spacial score (nSPS) is 14.6. The summed E-state index contributed by atoms with van der Waals surface area (Å²) in [5, 5.41) is 4.49. The van der Waals surface area contributed by atoms with Crippen LogP contribution in [0.4, 0.5) is 0 Å². The number of halogens is 1. The van der Waals surface area contributed by atoms with E-state index in [2.05, 4.69) is 38.2 Å². The Hall–Kier alpha value is -0.570. The fraction of sp³-hybridized carbons (Fsp3) is 0.625. The van der Waals surface area contributed by atoms with E-state index in [1.165, 1.54) is 5.56 Å². The van der Waals surface area contributed by atoms with Crippen LogP contribution in [0, 0.1) is 5.92 Å². The molecule has 0 bridgehead atoms. The molecule has 0 saturated carbocycles. The Bertz CT molecular complexity index is 350. The quantitative estimate of drug-likeness (QED) is 0.761. The van der Waals surface area contributed by atoms with Gasteiger partial charge in [-0.3, -0.25) is 0 Å². The van der Waals surface area contributed by atoms with Crippen LogP contribution >= 0.6 is 11.6 Å². The Labute approximate surface area is 122 Å². The maximum Gasteiger partial charge on any atom is 0.0622 e. The van der Waals surface area contributed by atoms with Crippen LogP contribution in [0.5, 0.6) is 0 Å². The van der Waals surface area contributed by atoms with Crippen molar-refractivity contribution in [3.05, 3.63) is 34.9 Å². The Morgan fingerprint density at radius 1 is 1.16 bits per heavy atom. The summed E-state index contributed by atoms with van der Waals surface area (Å²) in [5.41, 5.74) is 1.29. The zero-order valence-electron chi connectivity index (χ0n) is 12.4. The summed E-state index contributed by atoms with van der Waals surface area (Å²) >= 11 is 5.94. The number of nitrogens with one attached hydrogen (secondary N) is 1. The van der Waals surface area contributed by atoms with Gasteiger partial charge in [-0.05, 0) is 37.0 Å². The molecule has 0 radical (unpaired) electrons. The van der Waals surface area contributed by atoms with Crippen molar-refractivity contribution in [1.82, 2.24) is 5.32 Å². The topological polar surface area (TPSA) is 21.3 Å². The van der Waals surface area contributed by atoms with Gasteiger partial charge in [-0.25, -0.2) is 0 Å². The van der Waals surface area contributed by atoms with Gasteiger partial charge in [0, 0.05) is 23.7 Å². The molecular weight excluding hydrogens is 258 g/mol. The van der Waals surface area contributed by atoms with Crippen LogP contribution in [-0.2, 0) is 4.74 Å². The van der Waals surface area contributed by atoms with Crippen molar-refractivity contribution in [2.75, 3.05) is 13.2 Å². The van der Waals surface area contributed by atoms with Gasteiger partial charge in [-0.2, -0.15) is 0 Å². The lowest BCUT2D eigenvalue weighted by molar-refractivity contribution is 0.103. The molecule has 1 aromatic carbocycles. The second-order valence-corrected chi connectivity index (χ2v) is 5.63. The van der Waals surface area contributed by atoms with Crippen molar-refractivity contribution in [2.24, 2.45) is 5.92 Å². The molecule has 0 heterocycles. The zero-order valence-corrected chi connectivity index (χ0v) is 13.2. The van der Waals surface area contributed by atoms with Crippen molar-refractivity contribution >= 4 is 11.6 Å². The predicted octanol–water partition coefficient (Wildman–Crippen LogP) is 4.44. The fourth-order valence-corrected chi connectivity index (χ4v) is 2.21. The highest BCUT2D eigenvalue weighted by Crippen LogP contribution is 2.21. The van der Waals surface area contributed by atoms with Crippen LogP contribution in [0.3, 0.4) is 0 Å². The molecule has 0 fully saturated rings. The van der Waals surface area contributed by atoms with Crippen LogP contribution in [0.25, 0.3) is 0 Å². The molecule has 1 aromatic rings. The lowest BCUT2D eigenvalue weighted by atomic mass is 9.99. The van der Waals surface area contributed by atoms with E-state index in [-0.39, 0.29) is 0 Å². The minimum absolute atomic E-state index is 0.352. The first-order chi connectivity index (χ1) is 9.08. The van der Waals surface area contributed by atoms with Gasteiger partial charge in [0.15, 0.2) is 0 Å². The zero-order chi connectivity index (χ0) is 14.3. The molecule has 108 valence electrons. The lowest BCUT2D eigenvalue weighted by Crippen LogP contribution is -2.40. The molecule has 0 amide bonds. The van der Waals surface area contributed by atoms with E-state index < -0.39 is 0 Å². The largest absolute Gasteiger partial charge is 0.380 e. The van der Waals surface area contributed by atoms with Gasteiger partial charge in [0.2, 0.25) is 0 Å². The van der Waals surface area contributed by atoms with Gasteiger partial charge >= 0.3 is 0 Å². The van der Waals surface area contributed by atoms with Crippen molar-refractivity contribution in [3.8, 4) is 0 Å². The summed E-state index contributed by atoms with van der Waals surface area (Å²) in [4.78, 5) is 0. The molecule has 0 aliphatic rings. The maximum atomic E-state index is 5.94. The third-order valence-corrected chi connectivity index (χ3v) is 3.65.